The Morgan fingerprint density at radius 2 is 1.89 bits per heavy atom. The maximum Gasteiger partial charge on any atom is 0.242 e. The number of hydrogen-bond acceptors (Lipinski definition) is 4. The number of fused-ring (bicyclic) bond motifs is 1. The number of rotatable bonds is 6. The van der Waals surface area contributed by atoms with Gasteiger partial charge >= 0.3 is 0 Å². The van der Waals surface area contributed by atoms with Crippen LogP contribution in [-0.2, 0) is 27.7 Å². The van der Waals surface area contributed by atoms with E-state index in [0.29, 0.717) is 13.0 Å². The second-order valence-corrected chi connectivity index (χ2v) is 8.39. The number of nitrogens with one attached hydrogen (secondary N) is 1. The minimum atomic E-state index is -3.68. The summed E-state index contributed by atoms with van der Waals surface area (Å²) in [4.78, 5) is 14.8. The fourth-order valence-corrected chi connectivity index (χ4v) is 3.95. The number of carbonyl (C=O) groups excluding carboxylic acids is 1. The number of anilines is 1. The Kier molecular flexibility index (Phi) is 5.82. The highest BCUT2D eigenvalue weighted by atomic mass is 32.2. The second kappa shape index (κ2) is 8.10. The highest BCUT2D eigenvalue weighted by molar-refractivity contribution is 7.89. The fraction of sp³-hybridized carbons (Fsp3) is 0.350. The third-order valence-electron chi connectivity index (χ3n) is 4.96. The molecule has 3 rings (SSSR count). The van der Waals surface area contributed by atoms with Gasteiger partial charge in [0, 0.05) is 18.8 Å². The Bertz CT molecular complexity index is 910. The molecular weight excluding hydrogens is 362 g/mol. The van der Waals surface area contributed by atoms with E-state index in [4.69, 9.17) is 5.14 Å². The van der Waals surface area contributed by atoms with Crippen LogP contribution in [-0.4, -0.2) is 33.5 Å². The molecule has 2 aromatic rings. The van der Waals surface area contributed by atoms with Crippen molar-refractivity contribution in [3.05, 3.63) is 59.7 Å². The SMILES string of the molecule is C[C@H](C(=O)NCCc1ccc(S(N)(=O)=O)cc1)N1CCCc2ccccc21. The van der Waals surface area contributed by atoms with Gasteiger partial charge in [-0.1, -0.05) is 30.3 Å². The molecule has 0 fully saturated rings. The van der Waals surface area contributed by atoms with E-state index in [2.05, 4.69) is 22.3 Å². The van der Waals surface area contributed by atoms with Gasteiger partial charge in [-0.3, -0.25) is 4.79 Å². The van der Waals surface area contributed by atoms with Gasteiger partial charge in [-0.2, -0.15) is 0 Å². The van der Waals surface area contributed by atoms with Crippen LogP contribution in [0.4, 0.5) is 5.69 Å². The van der Waals surface area contributed by atoms with Crippen LogP contribution in [0.3, 0.4) is 0 Å². The van der Waals surface area contributed by atoms with E-state index in [1.807, 2.05) is 19.1 Å². The first kappa shape index (κ1) is 19.4. The predicted octanol–water partition coefficient (Wildman–Crippen LogP) is 1.83. The number of benzene rings is 2. The average Bonchev–Trinajstić information content (AvgIpc) is 2.66. The lowest BCUT2D eigenvalue weighted by molar-refractivity contribution is -0.122. The summed E-state index contributed by atoms with van der Waals surface area (Å²) < 4.78 is 22.6. The zero-order valence-electron chi connectivity index (χ0n) is 15.4. The minimum Gasteiger partial charge on any atom is -0.360 e. The molecular formula is C20H25N3O3S. The van der Waals surface area contributed by atoms with Gasteiger partial charge in [0.15, 0.2) is 0 Å². The first-order valence-corrected chi connectivity index (χ1v) is 10.6. The lowest BCUT2D eigenvalue weighted by Crippen LogP contribution is -2.47. The van der Waals surface area contributed by atoms with Crippen molar-refractivity contribution in [3.8, 4) is 0 Å². The number of hydrogen-bond donors (Lipinski definition) is 2. The molecule has 6 nitrogen and oxygen atoms in total. The quantitative estimate of drug-likeness (QED) is 0.791. The number of aryl methyl sites for hydroxylation is 1. The lowest BCUT2D eigenvalue weighted by Gasteiger charge is -2.35. The van der Waals surface area contributed by atoms with E-state index < -0.39 is 10.0 Å². The number of amides is 1. The van der Waals surface area contributed by atoms with Crippen molar-refractivity contribution >= 4 is 21.6 Å². The van der Waals surface area contributed by atoms with Crippen LogP contribution in [0.1, 0.15) is 24.5 Å². The first-order valence-electron chi connectivity index (χ1n) is 9.10. The summed E-state index contributed by atoms with van der Waals surface area (Å²) >= 11 is 0. The Labute approximate surface area is 160 Å². The van der Waals surface area contributed by atoms with Crippen LogP contribution in [0.15, 0.2) is 53.4 Å². The number of para-hydroxylation sites is 1. The molecule has 0 bridgehead atoms. The Morgan fingerprint density at radius 3 is 2.59 bits per heavy atom. The molecule has 2 aromatic carbocycles. The molecule has 1 amide bonds. The van der Waals surface area contributed by atoms with Gasteiger partial charge < -0.3 is 10.2 Å². The smallest absolute Gasteiger partial charge is 0.242 e. The molecule has 0 unspecified atom stereocenters. The van der Waals surface area contributed by atoms with Crippen LogP contribution >= 0.6 is 0 Å². The average molecular weight is 388 g/mol. The monoisotopic (exact) mass is 387 g/mol. The van der Waals surface area contributed by atoms with Gasteiger partial charge in [0.05, 0.1) is 4.90 Å². The maximum absolute atomic E-state index is 12.6. The van der Waals surface area contributed by atoms with E-state index in [-0.39, 0.29) is 16.8 Å². The fourth-order valence-electron chi connectivity index (χ4n) is 3.43. The number of primary sulfonamides is 1. The Morgan fingerprint density at radius 1 is 1.19 bits per heavy atom. The molecule has 1 heterocycles. The molecule has 0 spiro atoms. The minimum absolute atomic E-state index is 0.00661. The zero-order chi connectivity index (χ0) is 19.4. The molecule has 27 heavy (non-hydrogen) atoms. The summed E-state index contributed by atoms with van der Waals surface area (Å²) in [6.45, 7) is 3.30. The standard InChI is InChI=1S/C20H25N3O3S/c1-15(23-14-4-6-17-5-2-3-7-19(17)23)20(24)22-13-12-16-8-10-18(11-9-16)27(21,25)26/h2-3,5,7-11,15H,4,6,12-14H2,1H3,(H,22,24)(H2,21,25,26)/t15-/m1/s1. The summed E-state index contributed by atoms with van der Waals surface area (Å²) in [5.74, 6) is -0.00661. The largest absolute Gasteiger partial charge is 0.360 e. The van der Waals surface area contributed by atoms with Crippen LogP contribution in [0.25, 0.3) is 0 Å². The second-order valence-electron chi connectivity index (χ2n) is 6.83. The van der Waals surface area contributed by atoms with E-state index in [1.54, 1.807) is 12.1 Å². The summed E-state index contributed by atoms with van der Waals surface area (Å²) in [6, 6.07) is 14.4. The van der Waals surface area contributed by atoms with Crippen molar-refractivity contribution in [1.29, 1.82) is 0 Å². The summed E-state index contributed by atoms with van der Waals surface area (Å²) in [5.41, 5.74) is 3.38. The van der Waals surface area contributed by atoms with Gasteiger partial charge in [-0.15, -0.1) is 0 Å². The summed E-state index contributed by atoms with van der Waals surface area (Å²) in [7, 11) is -3.68. The van der Waals surface area contributed by atoms with Crippen molar-refractivity contribution in [3.63, 3.8) is 0 Å². The molecule has 7 heteroatoms. The van der Waals surface area contributed by atoms with Crippen LogP contribution in [0.2, 0.25) is 0 Å². The van der Waals surface area contributed by atoms with Gasteiger partial charge in [-0.25, -0.2) is 13.6 Å². The summed E-state index contributed by atoms with van der Waals surface area (Å²) in [5, 5.41) is 8.08. The number of nitrogens with two attached hydrogens (primary N) is 1. The molecule has 0 saturated carbocycles. The lowest BCUT2D eigenvalue weighted by atomic mass is 10.00. The molecule has 1 aliphatic heterocycles. The summed E-state index contributed by atoms with van der Waals surface area (Å²) in [6.07, 6.45) is 2.72. The Hall–Kier alpha value is -2.38. The van der Waals surface area contributed by atoms with E-state index in [9.17, 15) is 13.2 Å². The van der Waals surface area contributed by atoms with Gasteiger partial charge in [-0.05, 0) is 55.5 Å². The molecule has 144 valence electrons. The maximum atomic E-state index is 12.6. The molecule has 0 aromatic heterocycles. The first-order chi connectivity index (χ1) is 12.9. The number of nitrogens with zero attached hydrogens (tertiary/aromatic N) is 1. The van der Waals surface area contributed by atoms with Crippen LogP contribution in [0.5, 0.6) is 0 Å². The van der Waals surface area contributed by atoms with Crippen molar-refractivity contribution < 1.29 is 13.2 Å². The van der Waals surface area contributed by atoms with Crippen molar-refractivity contribution in [2.75, 3.05) is 18.0 Å². The highest BCUT2D eigenvalue weighted by Gasteiger charge is 2.25. The van der Waals surface area contributed by atoms with Crippen molar-refractivity contribution in [2.45, 2.75) is 37.1 Å². The zero-order valence-corrected chi connectivity index (χ0v) is 16.2. The molecule has 1 aliphatic rings. The molecule has 0 radical (unpaired) electrons. The van der Waals surface area contributed by atoms with Gasteiger partial charge in [0.2, 0.25) is 15.9 Å². The van der Waals surface area contributed by atoms with Crippen molar-refractivity contribution in [1.82, 2.24) is 5.32 Å². The molecule has 3 N–H and O–H groups in total. The van der Waals surface area contributed by atoms with Gasteiger partial charge in [0.25, 0.3) is 0 Å². The topological polar surface area (TPSA) is 92.5 Å². The normalized spacial score (nSPS) is 15.1. The third kappa shape index (κ3) is 4.67. The molecule has 0 saturated heterocycles. The molecule has 0 aliphatic carbocycles. The number of carbonyl (C=O) groups is 1. The van der Waals surface area contributed by atoms with Crippen LogP contribution < -0.4 is 15.4 Å². The van der Waals surface area contributed by atoms with Crippen molar-refractivity contribution in [2.24, 2.45) is 5.14 Å². The number of sulfonamides is 1. The highest BCUT2D eigenvalue weighted by Crippen LogP contribution is 2.28. The van der Waals surface area contributed by atoms with E-state index in [0.717, 1.165) is 30.6 Å². The van der Waals surface area contributed by atoms with Gasteiger partial charge in [0.1, 0.15) is 6.04 Å². The predicted molar refractivity (Wildman–Crippen MR) is 106 cm³/mol. The Balaban J connectivity index is 1.55. The third-order valence-corrected chi connectivity index (χ3v) is 5.89. The van der Waals surface area contributed by atoms with E-state index >= 15 is 0 Å². The van der Waals surface area contributed by atoms with E-state index in [1.165, 1.54) is 17.7 Å². The molecule has 1 atom stereocenters. The van der Waals surface area contributed by atoms with Crippen LogP contribution in [0, 0.1) is 0 Å².